The summed E-state index contributed by atoms with van der Waals surface area (Å²) in [5.74, 6) is -0.000753. The number of carbonyl (C=O) groups is 1. The number of para-hydroxylation sites is 2. The first-order chi connectivity index (χ1) is 15.8. The van der Waals surface area contributed by atoms with Crippen LogP contribution >= 0.6 is 0 Å². The summed E-state index contributed by atoms with van der Waals surface area (Å²) in [7, 11) is 0. The van der Waals surface area contributed by atoms with E-state index in [0.717, 1.165) is 50.1 Å². The van der Waals surface area contributed by atoms with Crippen LogP contribution in [0.4, 0.5) is 0 Å². The van der Waals surface area contributed by atoms with E-state index in [4.69, 9.17) is 9.97 Å². The Hall–Kier alpha value is -4.37. The van der Waals surface area contributed by atoms with E-state index >= 15 is 0 Å². The maximum Gasteiger partial charge on any atom is 0.196 e. The van der Waals surface area contributed by atoms with Crippen molar-refractivity contribution in [1.82, 2.24) is 9.97 Å². The number of allylic oxidation sites excluding steroid dienone is 1. The summed E-state index contributed by atoms with van der Waals surface area (Å²) in [6, 6.07) is 32.1. The van der Waals surface area contributed by atoms with Crippen molar-refractivity contribution < 1.29 is 4.79 Å². The molecule has 7 rings (SSSR count). The first-order valence-corrected chi connectivity index (χ1v) is 10.7. The number of Topliss-reactive ketones (excluding diaryl/α,β-unsaturated/α-hetero) is 1. The van der Waals surface area contributed by atoms with E-state index in [1.165, 1.54) is 0 Å². The van der Waals surface area contributed by atoms with Crippen LogP contribution in [0.3, 0.4) is 0 Å². The van der Waals surface area contributed by atoms with Gasteiger partial charge in [0.2, 0.25) is 0 Å². The molecule has 0 unspecified atom stereocenters. The molecular formula is C29H16N2O. The lowest BCUT2D eigenvalue weighted by molar-refractivity contribution is 0.105. The fourth-order valence-corrected chi connectivity index (χ4v) is 5.01. The van der Waals surface area contributed by atoms with Crippen LogP contribution in [-0.4, -0.2) is 15.8 Å². The third kappa shape index (κ3) is 2.22. The molecule has 0 fully saturated rings. The van der Waals surface area contributed by atoms with Crippen molar-refractivity contribution in [1.29, 1.82) is 0 Å². The summed E-state index contributed by atoms with van der Waals surface area (Å²) in [5, 5.41) is 0. The number of hydrogen-bond acceptors (Lipinski definition) is 3. The number of aromatic nitrogens is 2. The Balaban J connectivity index is 1.68. The monoisotopic (exact) mass is 408 g/mol. The Labute approximate surface area is 184 Å². The van der Waals surface area contributed by atoms with Gasteiger partial charge in [-0.25, -0.2) is 9.97 Å². The molecular weight excluding hydrogens is 392 g/mol. The van der Waals surface area contributed by atoms with E-state index < -0.39 is 0 Å². The lowest BCUT2D eigenvalue weighted by Crippen LogP contribution is -2.16. The van der Waals surface area contributed by atoms with E-state index in [-0.39, 0.29) is 5.78 Å². The van der Waals surface area contributed by atoms with Crippen molar-refractivity contribution in [2.45, 2.75) is 0 Å². The standard InChI is InChI=1S/C29H16N2O/c32-29-22-14-6-5-13-21(22)27-28(31-24-16-8-7-15-23(24)30-27)26(29)25-19-11-3-1-9-17(19)18-10-2-4-12-20(18)25/h1-16H. The zero-order chi connectivity index (χ0) is 21.2. The Morgan fingerprint density at radius 2 is 0.844 bits per heavy atom. The zero-order valence-electron chi connectivity index (χ0n) is 17.0. The van der Waals surface area contributed by atoms with Gasteiger partial charge in [0, 0.05) is 16.7 Å². The highest BCUT2D eigenvalue weighted by Crippen LogP contribution is 2.50. The summed E-state index contributed by atoms with van der Waals surface area (Å²) in [6.07, 6.45) is 0. The molecule has 0 amide bonds. The summed E-state index contributed by atoms with van der Waals surface area (Å²) in [5.41, 5.74) is 10.6. The van der Waals surface area contributed by atoms with Crippen LogP contribution < -0.4 is 0 Å². The van der Waals surface area contributed by atoms with E-state index in [0.29, 0.717) is 16.8 Å². The van der Waals surface area contributed by atoms with Gasteiger partial charge in [-0.3, -0.25) is 4.79 Å². The normalized spacial score (nSPS) is 13.6. The van der Waals surface area contributed by atoms with E-state index in [1.54, 1.807) is 0 Å². The molecule has 0 saturated heterocycles. The van der Waals surface area contributed by atoms with Crippen molar-refractivity contribution in [2.75, 3.05) is 0 Å². The molecule has 0 N–H and O–H groups in total. The molecule has 148 valence electrons. The van der Waals surface area contributed by atoms with Crippen LogP contribution in [0.25, 0.3) is 44.6 Å². The van der Waals surface area contributed by atoms with E-state index in [1.807, 2.05) is 72.8 Å². The van der Waals surface area contributed by atoms with Crippen molar-refractivity contribution >= 4 is 28.0 Å². The van der Waals surface area contributed by atoms with Gasteiger partial charge in [-0.1, -0.05) is 84.9 Å². The lowest BCUT2D eigenvalue weighted by atomic mass is 9.82. The first-order valence-electron chi connectivity index (χ1n) is 10.7. The molecule has 1 aromatic heterocycles. The van der Waals surface area contributed by atoms with E-state index in [2.05, 4.69) is 24.3 Å². The number of benzene rings is 4. The third-order valence-electron chi connectivity index (χ3n) is 6.39. The predicted molar refractivity (Wildman–Crippen MR) is 127 cm³/mol. The molecule has 3 heteroatoms. The molecule has 0 aliphatic heterocycles. The minimum Gasteiger partial charge on any atom is -0.288 e. The summed E-state index contributed by atoms with van der Waals surface area (Å²) < 4.78 is 0. The van der Waals surface area contributed by atoms with Crippen molar-refractivity contribution in [3.8, 4) is 22.4 Å². The van der Waals surface area contributed by atoms with Gasteiger partial charge in [-0.05, 0) is 34.4 Å². The average Bonchev–Trinajstić information content (AvgIpc) is 3.18. The third-order valence-corrected chi connectivity index (χ3v) is 6.39. The molecule has 0 saturated carbocycles. The van der Waals surface area contributed by atoms with Crippen LogP contribution in [0.2, 0.25) is 0 Å². The Kier molecular flexibility index (Phi) is 3.42. The number of ketones is 1. The summed E-state index contributed by atoms with van der Waals surface area (Å²) in [4.78, 5) is 24.0. The molecule has 0 spiro atoms. The molecule has 2 aliphatic rings. The van der Waals surface area contributed by atoms with Gasteiger partial charge in [0.05, 0.1) is 22.3 Å². The van der Waals surface area contributed by atoms with Gasteiger partial charge in [0.15, 0.2) is 5.78 Å². The van der Waals surface area contributed by atoms with Gasteiger partial charge < -0.3 is 0 Å². The highest BCUT2D eigenvalue weighted by atomic mass is 16.1. The van der Waals surface area contributed by atoms with Crippen molar-refractivity contribution in [2.24, 2.45) is 0 Å². The molecule has 4 aromatic carbocycles. The fraction of sp³-hybridized carbons (Fsp3) is 0. The lowest BCUT2D eigenvalue weighted by Gasteiger charge is -2.22. The number of rotatable bonds is 0. The molecule has 0 atom stereocenters. The second kappa shape index (κ2) is 6.32. The molecule has 5 aromatic rings. The minimum absolute atomic E-state index is 0.000753. The molecule has 0 bridgehead atoms. The predicted octanol–water partition coefficient (Wildman–Crippen LogP) is 6.43. The molecule has 32 heavy (non-hydrogen) atoms. The topological polar surface area (TPSA) is 42.9 Å². The van der Waals surface area contributed by atoms with E-state index in [9.17, 15) is 4.79 Å². The molecule has 2 aliphatic carbocycles. The number of carbonyl (C=O) groups excluding carboxylic acids is 1. The van der Waals surface area contributed by atoms with Crippen LogP contribution in [0.1, 0.15) is 27.2 Å². The van der Waals surface area contributed by atoms with Gasteiger partial charge in [-0.15, -0.1) is 0 Å². The van der Waals surface area contributed by atoms with Crippen LogP contribution in [-0.2, 0) is 0 Å². The molecule has 3 nitrogen and oxygen atoms in total. The zero-order valence-corrected chi connectivity index (χ0v) is 17.0. The largest absolute Gasteiger partial charge is 0.288 e. The highest BCUT2D eigenvalue weighted by molar-refractivity contribution is 6.40. The number of nitrogens with zero attached hydrogens (tertiary/aromatic N) is 2. The smallest absolute Gasteiger partial charge is 0.196 e. The van der Waals surface area contributed by atoms with Gasteiger partial charge in [0.25, 0.3) is 0 Å². The number of fused-ring (bicyclic) bond motifs is 7. The quantitative estimate of drug-likeness (QED) is 0.272. The number of hydrogen-bond donors (Lipinski definition) is 0. The Morgan fingerprint density at radius 3 is 1.44 bits per heavy atom. The van der Waals surface area contributed by atoms with Crippen LogP contribution in [0, 0.1) is 0 Å². The average molecular weight is 408 g/mol. The van der Waals surface area contributed by atoms with Crippen molar-refractivity contribution in [3.63, 3.8) is 0 Å². The second-order valence-electron chi connectivity index (χ2n) is 8.13. The summed E-state index contributed by atoms with van der Waals surface area (Å²) in [6.45, 7) is 0. The van der Waals surface area contributed by atoms with Crippen molar-refractivity contribution in [3.05, 3.63) is 119 Å². The first kappa shape index (κ1) is 17.3. The molecule has 0 radical (unpaired) electrons. The summed E-state index contributed by atoms with van der Waals surface area (Å²) >= 11 is 0. The van der Waals surface area contributed by atoms with Crippen LogP contribution in [0.15, 0.2) is 97.1 Å². The van der Waals surface area contributed by atoms with Crippen LogP contribution in [0.5, 0.6) is 0 Å². The Bertz CT molecular complexity index is 1600. The maximum atomic E-state index is 14.0. The van der Waals surface area contributed by atoms with Gasteiger partial charge in [-0.2, -0.15) is 0 Å². The van der Waals surface area contributed by atoms with Gasteiger partial charge in [0.1, 0.15) is 5.69 Å². The van der Waals surface area contributed by atoms with Gasteiger partial charge >= 0.3 is 0 Å². The maximum absolute atomic E-state index is 14.0. The molecule has 1 heterocycles. The second-order valence-corrected chi connectivity index (χ2v) is 8.13. The SMILES string of the molecule is O=C1C(=C2c3ccccc3-c3ccccc32)c2nc3ccccc3nc2-c2ccccc21. The highest BCUT2D eigenvalue weighted by Gasteiger charge is 2.36. The Morgan fingerprint density at radius 1 is 0.406 bits per heavy atom. The fourth-order valence-electron chi connectivity index (χ4n) is 5.01. The minimum atomic E-state index is -0.000753.